The molecule has 0 aromatic heterocycles. The van der Waals surface area contributed by atoms with Gasteiger partial charge in [-0.05, 0) is 61.0 Å². The number of para-hydroxylation sites is 1. The number of anilines is 1. The van der Waals surface area contributed by atoms with Gasteiger partial charge in [-0.15, -0.1) is 0 Å². The highest BCUT2D eigenvalue weighted by molar-refractivity contribution is 6.33. The zero-order valence-corrected chi connectivity index (χ0v) is 17.8. The maximum absolute atomic E-state index is 13.0. The van der Waals surface area contributed by atoms with E-state index in [-0.39, 0.29) is 18.2 Å². The Morgan fingerprint density at radius 2 is 1.81 bits per heavy atom. The summed E-state index contributed by atoms with van der Waals surface area (Å²) in [4.78, 5) is 23.4. The SMILES string of the molecule is CC1=NN(c2ccccc2)C(=O)C1=Cc1cc(Cl)ccc1OCc1ccc([N+](=O)[O-])cc1. The highest BCUT2D eigenvalue weighted by Crippen LogP contribution is 2.30. The first-order valence-corrected chi connectivity index (χ1v) is 10.1. The Labute approximate surface area is 189 Å². The van der Waals surface area contributed by atoms with Crippen LogP contribution in [0.3, 0.4) is 0 Å². The number of hydrogen-bond acceptors (Lipinski definition) is 5. The van der Waals surface area contributed by atoms with Gasteiger partial charge < -0.3 is 4.74 Å². The van der Waals surface area contributed by atoms with E-state index in [1.54, 1.807) is 43.3 Å². The van der Waals surface area contributed by atoms with Crippen LogP contribution in [0, 0.1) is 10.1 Å². The molecule has 1 aliphatic rings. The molecular formula is C24H18ClN3O4. The molecule has 0 fully saturated rings. The second-order valence-electron chi connectivity index (χ2n) is 7.09. The summed E-state index contributed by atoms with van der Waals surface area (Å²) in [6.45, 7) is 1.97. The number of ether oxygens (including phenoxy) is 1. The molecule has 0 saturated heterocycles. The summed E-state index contributed by atoms with van der Waals surface area (Å²) < 4.78 is 5.93. The third-order valence-electron chi connectivity index (χ3n) is 4.88. The van der Waals surface area contributed by atoms with Gasteiger partial charge in [-0.1, -0.05) is 29.8 Å². The molecule has 0 saturated carbocycles. The van der Waals surface area contributed by atoms with E-state index in [2.05, 4.69) is 5.10 Å². The van der Waals surface area contributed by atoms with Crippen LogP contribution >= 0.6 is 11.6 Å². The van der Waals surface area contributed by atoms with E-state index in [1.165, 1.54) is 17.1 Å². The molecule has 32 heavy (non-hydrogen) atoms. The van der Waals surface area contributed by atoms with Crippen molar-refractivity contribution in [3.63, 3.8) is 0 Å². The van der Waals surface area contributed by atoms with E-state index in [9.17, 15) is 14.9 Å². The van der Waals surface area contributed by atoms with Gasteiger partial charge in [0.15, 0.2) is 0 Å². The summed E-state index contributed by atoms with van der Waals surface area (Å²) in [6.07, 6.45) is 1.71. The predicted octanol–water partition coefficient (Wildman–Crippen LogP) is 5.63. The van der Waals surface area contributed by atoms with Gasteiger partial charge in [-0.2, -0.15) is 10.1 Å². The summed E-state index contributed by atoms with van der Waals surface area (Å²) in [5.74, 6) is 0.286. The van der Waals surface area contributed by atoms with Crippen LogP contribution in [0.1, 0.15) is 18.1 Å². The molecule has 0 unspecified atom stereocenters. The van der Waals surface area contributed by atoms with Gasteiger partial charge in [0.05, 0.1) is 21.9 Å². The summed E-state index contributed by atoms with van der Waals surface area (Å²) in [7, 11) is 0. The molecule has 8 heteroatoms. The van der Waals surface area contributed by atoms with Gasteiger partial charge in [0.2, 0.25) is 0 Å². The van der Waals surface area contributed by atoms with Crippen LogP contribution in [0.15, 0.2) is 83.5 Å². The lowest BCUT2D eigenvalue weighted by atomic mass is 10.1. The van der Waals surface area contributed by atoms with Gasteiger partial charge in [0.1, 0.15) is 12.4 Å². The Morgan fingerprint density at radius 3 is 2.50 bits per heavy atom. The van der Waals surface area contributed by atoms with Gasteiger partial charge in [-0.25, -0.2) is 0 Å². The van der Waals surface area contributed by atoms with Gasteiger partial charge in [0, 0.05) is 22.7 Å². The predicted molar refractivity (Wildman–Crippen MR) is 124 cm³/mol. The van der Waals surface area contributed by atoms with Crippen molar-refractivity contribution in [3.05, 3.63) is 105 Å². The maximum atomic E-state index is 13.0. The van der Waals surface area contributed by atoms with Crippen molar-refractivity contribution in [2.75, 3.05) is 5.01 Å². The standard InChI is InChI=1S/C24H18ClN3O4/c1-16-22(24(29)27(26-16)20-5-3-2-4-6-20)14-18-13-19(25)9-12-23(18)32-15-17-7-10-21(11-8-17)28(30)31/h2-14H,15H2,1H3. The normalized spacial score (nSPS) is 14.6. The van der Waals surface area contributed by atoms with Crippen LogP contribution in [0.2, 0.25) is 5.02 Å². The number of carbonyl (C=O) groups excluding carboxylic acids is 1. The Balaban J connectivity index is 1.58. The van der Waals surface area contributed by atoms with Crippen molar-refractivity contribution in [3.8, 4) is 5.75 Å². The van der Waals surface area contributed by atoms with Crippen LogP contribution in [0.4, 0.5) is 11.4 Å². The first-order chi connectivity index (χ1) is 15.4. The number of non-ortho nitro benzene ring substituents is 1. The number of rotatable bonds is 6. The number of hydrogen-bond donors (Lipinski definition) is 0. The van der Waals surface area contributed by atoms with Crippen molar-refractivity contribution in [2.24, 2.45) is 5.10 Å². The molecule has 1 heterocycles. The van der Waals surface area contributed by atoms with Crippen molar-refractivity contribution >= 4 is 40.7 Å². The maximum Gasteiger partial charge on any atom is 0.280 e. The van der Waals surface area contributed by atoms with E-state index in [0.717, 1.165) is 5.56 Å². The zero-order chi connectivity index (χ0) is 22.7. The molecule has 0 spiro atoms. The largest absolute Gasteiger partial charge is 0.488 e. The molecule has 0 bridgehead atoms. The molecule has 4 rings (SSSR count). The number of nitro groups is 1. The number of carbonyl (C=O) groups is 1. The fraction of sp³-hybridized carbons (Fsp3) is 0.0833. The lowest BCUT2D eigenvalue weighted by molar-refractivity contribution is -0.384. The van der Waals surface area contributed by atoms with Crippen LogP contribution < -0.4 is 9.75 Å². The number of hydrazone groups is 1. The van der Waals surface area contributed by atoms with Crippen LogP contribution in [-0.2, 0) is 11.4 Å². The molecule has 0 aliphatic carbocycles. The van der Waals surface area contributed by atoms with Crippen molar-refractivity contribution in [1.82, 2.24) is 0 Å². The quantitative estimate of drug-likeness (QED) is 0.278. The Bertz CT molecular complexity index is 1240. The minimum absolute atomic E-state index is 0.0168. The number of benzene rings is 3. The Hall–Kier alpha value is -3.97. The second kappa shape index (κ2) is 9.03. The molecule has 0 N–H and O–H groups in total. The van der Waals surface area contributed by atoms with Gasteiger partial charge >= 0.3 is 0 Å². The molecule has 1 amide bonds. The minimum atomic E-state index is -0.449. The van der Waals surface area contributed by atoms with Crippen molar-refractivity contribution < 1.29 is 14.5 Å². The first-order valence-electron chi connectivity index (χ1n) is 9.75. The summed E-state index contributed by atoms with van der Waals surface area (Å²) in [6, 6.07) is 20.5. The third kappa shape index (κ3) is 4.53. The summed E-state index contributed by atoms with van der Waals surface area (Å²) >= 11 is 6.19. The molecule has 0 radical (unpaired) electrons. The number of nitro benzene ring substituents is 1. The average molecular weight is 448 g/mol. The number of halogens is 1. The van der Waals surface area contributed by atoms with Gasteiger partial charge in [0.25, 0.3) is 11.6 Å². The van der Waals surface area contributed by atoms with E-state index in [0.29, 0.717) is 33.3 Å². The summed E-state index contributed by atoms with van der Waals surface area (Å²) in [5.41, 5.74) is 3.13. The highest BCUT2D eigenvalue weighted by atomic mass is 35.5. The van der Waals surface area contributed by atoms with Crippen molar-refractivity contribution in [1.29, 1.82) is 0 Å². The van der Waals surface area contributed by atoms with E-state index >= 15 is 0 Å². The lowest BCUT2D eigenvalue weighted by Crippen LogP contribution is -2.21. The number of amides is 1. The van der Waals surface area contributed by atoms with Crippen LogP contribution in [0.5, 0.6) is 5.75 Å². The summed E-state index contributed by atoms with van der Waals surface area (Å²) in [5, 5.41) is 17.1. The minimum Gasteiger partial charge on any atom is -0.488 e. The van der Waals surface area contributed by atoms with E-state index in [4.69, 9.17) is 16.3 Å². The Kier molecular flexibility index (Phi) is 6.00. The second-order valence-corrected chi connectivity index (χ2v) is 7.53. The Morgan fingerprint density at radius 1 is 1.09 bits per heavy atom. The van der Waals surface area contributed by atoms with Crippen LogP contribution in [-0.4, -0.2) is 16.5 Å². The fourth-order valence-corrected chi connectivity index (χ4v) is 3.40. The van der Waals surface area contributed by atoms with Crippen LogP contribution in [0.25, 0.3) is 6.08 Å². The first kappa shape index (κ1) is 21.3. The fourth-order valence-electron chi connectivity index (χ4n) is 3.22. The molecule has 3 aromatic carbocycles. The molecular weight excluding hydrogens is 430 g/mol. The zero-order valence-electron chi connectivity index (χ0n) is 17.1. The highest BCUT2D eigenvalue weighted by Gasteiger charge is 2.28. The molecule has 7 nitrogen and oxygen atoms in total. The van der Waals surface area contributed by atoms with Gasteiger partial charge in [-0.3, -0.25) is 14.9 Å². The monoisotopic (exact) mass is 447 g/mol. The smallest absolute Gasteiger partial charge is 0.280 e. The molecule has 3 aromatic rings. The van der Waals surface area contributed by atoms with E-state index < -0.39 is 4.92 Å². The third-order valence-corrected chi connectivity index (χ3v) is 5.11. The number of nitrogens with zero attached hydrogens (tertiary/aromatic N) is 3. The molecule has 160 valence electrons. The van der Waals surface area contributed by atoms with E-state index in [1.807, 2.05) is 30.3 Å². The lowest BCUT2D eigenvalue weighted by Gasteiger charge is -2.12. The molecule has 0 atom stereocenters. The average Bonchev–Trinajstić information content (AvgIpc) is 3.08. The van der Waals surface area contributed by atoms with Crippen molar-refractivity contribution in [2.45, 2.75) is 13.5 Å². The topological polar surface area (TPSA) is 85.0 Å². The molecule has 1 aliphatic heterocycles.